The molecular formula is C15H19N3O3. The summed E-state index contributed by atoms with van der Waals surface area (Å²) in [6.45, 7) is 7.61. The molecule has 1 saturated heterocycles. The predicted octanol–water partition coefficient (Wildman–Crippen LogP) is 1.29. The van der Waals surface area contributed by atoms with Crippen LogP contribution in [0.2, 0.25) is 0 Å². The van der Waals surface area contributed by atoms with Gasteiger partial charge in [0.15, 0.2) is 5.58 Å². The van der Waals surface area contributed by atoms with Gasteiger partial charge in [-0.2, -0.15) is 0 Å². The fraction of sp³-hybridized carbons (Fsp3) is 0.467. The van der Waals surface area contributed by atoms with Crippen LogP contribution in [0.5, 0.6) is 0 Å². The molecule has 1 aliphatic rings. The van der Waals surface area contributed by atoms with E-state index in [2.05, 4.69) is 16.8 Å². The number of likely N-dealkylation sites (N-methyl/N-ethyl adjacent to an activating group) is 1. The molecule has 6 heteroatoms. The van der Waals surface area contributed by atoms with Crippen LogP contribution in [0, 0.1) is 0 Å². The predicted molar refractivity (Wildman–Crippen MR) is 79.4 cm³/mol. The van der Waals surface area contributed by atoms with Crippen LogP contribution in [-0.4, -0.2) is 52.9 Å². The number of amides is 1. The van der Waals surface area contributed by atoms with Crippen LogP contribution in [0.15, 0.2) is 27.4 Å². The molecule has 1 fully saturated rings. The van der Waals surface area contributed by atoms with E-state index in [1.54, 1.807) is 18.2 Å². The largest absolute Gasteiger partial charge is 0.417 e. The Balaban J connectivity index is 1.92. The quantitative estimate of drug-likeness (QED) is 0.904. The lowest BCUT2D eigenvalue weighted by Gasteiger charge is -2.39. The molecule has 1 N–H and O–H groups in total. The van der Waals surface area contributed by atoms with Crippen LogP contribution in [-0.2, 0) is 0 Å². The Labute approximate surface area is 122 Å². The molecule has 6 nitrogen and oxygen atoms in total. The molecule has 1 aromatic heterocycles. The minimum Gasteiger partial charge on any atom is -0.407 e. The summed E-state index contributed by atoms with van der Waals surface area (Å²) < 4.78 is 5.12. The molecule has 1 aromatic carbocycles. The molecule has 0 aliphatic carbocycles. The second-order valence-corrected chi connectivity index (χ2v) is 5.44. The van der Waals surface area contributed by atoms with Crippen molar-refractivity contribution in [1.82, 2.24) is 14.8 Å². The molecule has 0 spiro atoms. The summed E-state index contributed by atoms with van der Waals surface area (Å²) in [5, 5.41) is 0. The van der Waals surface area contributed by atoms with E-state index in [4.69, 9.17) is 4.42 Å². The third kappa shape index (κ3) is 2.47. The second kappa shape index (κ2) is 5.37. The van der Waals surface area contributed by atoms with Gasteiger partial charge in [-0.25, -0.2) is 4.79 Å². The highest BCUT2D eigenvalue weighted by molar-refractivity contribution is 6.04. The van der Waals surface area contributed by atoms with Gasteiger partial charge in [-0.1, -0.05) is 13.0 Å². The van der Waals surface area contributed by atoms with Crippen LogP contribution in [0.4, 0.5) is 0 Å². The first-order chi connectivity index (χ1) is 10.1. The number of aromatic nitrogens is 1. The number of carbonyl (C=O) groups excluding carboxylic acids is 1. The Morgan fingerprint density at radius 1 is 1.43 bits per heavy atom. The monoisotopic (exact) mass is 289 g/mol. The molecule has 0 saturated carbocycles. The normalized spacial score (nSPS) is 20.1. The summed E-state index contributed by atoms with van der Waals surface area (Å²) in [5.74, 6) is -0.610. The zero-order valence-electron chi connectivity index (χ0n) is 12.3. The number of benzene rings is 1. The third-order valence-electron chi connectivity index (χ3n) is 4.10. The second-order valence-electron chi connectivity index (χ2n) is 5.44. The number of rotatable bonds is 2. The fourth-order valence-electron chi connectivity index (χ4n) is 2.92. The van der Waals surface area contributed by atoms with E-state index in [1.807, 2.05) is 11.8 Å². The maximum Gasteiger partial charge on any atom is 0.417 e. The lowest BCUT2D eigenvalue weighted by atomic mass is 10.1. The van der Waals surface area contributed by atoms with Gasteiger partial charge in [0.25, 0.3) is 5.91 Å². The van der Waals surface area contributed by atoms with Gasteiger partial charge in [-0.15, -0.1) is 0 Å². The summed E-state index contributed by atoms with van der Waals surface area (Å²) in [6, 6.07) is 5.34. The van der Waals surface area contributed by atoms with Crippen molar-refractivity contribution in [2.75, 3.05) is 26.2 Å². The number of piperazine rings is 1. The molecule has 1 unspecified atom stereocenters. The molecule has 1 aliphatic heterocycles. The van der Waals surface area contributed by atoms with Crippen LogP contribution in [0.3, 0.4) is 0 Å². The molecule has 112 valence electrons. The number of hydrogen-bond donors (Lipinski definition) is 1. The zero-order chi connectivity index (χ0) is 15.0. The van der Waals surface area contributed by atoms with Crippen LogP contribution in [0.1, 0.15) is 24.2 Å². The lowest BCUT2D eigenvalue weighted by Crippen LogP contribution is -2.53. The Morgan fingerprint density at radius 3 is 2.95 bits per heavy atom. The Morgan fingerprint density at radius 2 is 2.24 bits per heavy atom. The van der Waals surface area contributed by atoms with E-state index in [0.29, 0.717) is 23.2 Å². The molecule has 2 heterocycles. The van der Waals surface area contributed by atoms with Crippen molar-refractivity contribution < 1.29 is 9.21 Å². The van der Waals surface area contributed by atoms with Crippen LogP contribution in [0.25, 0.3) is 11.1 Å². The first kappa shape index (κ1) is 13.9. The minimum atomic E-state index is -0.533. The Kier molecular flexibility index (Phi) is 3.55. The number of para-hydroxylation sites is 1. The number of H-pyrrole nitrogens is 1. The average molecular weight is 289 g/mol. The molecule has 0 bridgehead atoms. The molecule has 1 atom stereocenters. The maximum atomic E-state index is 12.8. The van der Waals surface area contributed by atoms with Gasteiger partial charge in [0.1, 0.15) is 0 Å². The highest BCUT2D eigenvalue weighted by Gasteiger charge is 2.29. The van der Waals surface area contributed by atoms with E-state index < -0.39 is 5.76 Å². The molecule has 21 heavy (non-hydrogen) atoms. The van der Waals surface area contributed by atoms with E-state index in [-0.39, 0.29) is 11.9 Å². The van der Waals surface area contributed by atoms with E-state index in [1.165, 1.54) is 0 Å². The van der Waals surface area contributed by atoms with Crippen molar-refractivity contribution in [1.29, 1.82) is 0 Å². The first-order valence-corrected chi connectivity index (χ1v) is 7.25. The molecule has 1 amide bonds. The van der Waals surface area contributed by atoms with Crippen molar-refractivity contribution in [2.45, 2.75) is 19.9 Å². The third-order valence-corrected chi connectivity index (χ3v) is 4.10. The van der Waals surface area contributed by atoms with E-state index in [9.17, 15) is 9.59 Å². The topological polar surface area (TPSA) is 69.6 Å². The number of nitrogens with zero attached hydrogens (tertiary/aromatic N) is 2. The minimum absolute atomic E-state index is 0.0772. The summed E-state index contributed by atoms with van der Waals surface area (Å²) in [6.07, 6.45) is 0. The van der Waals surface area contributed by atoms with Gasteiger partial charge < -0.3 is 9.32 Å². The molecule has 3 rings (SSSR count). The van der Waals surface area contributed by atoms with E-state index >= 15 is 0 Å². The zero-order valence-corrected chi connectivity index (χ0v) is 12.3. The van der Waals surface area contributed by atoms with Gasteiger partial charge in [-0.3, -0.25) is 14.7 Å². The number of hydrogen-bond acceptors (Lipinski definition) is 4. The van der Waals surface area contributed by atoms with Gasteiger partial charge in [0.05, 0.1) is 11.1 Å². The number of aromatic amines is 1. The van der Waals surface area contributed by atoms with Crippen molar-refractivity contribution in [2.24, 2.45) is 0 Å². The Bertz CT molecular complexity index is 718. The van der Waals surface area contributed by atoms with Crippen LogP contribution < -0.4 is 5.76 Å². The van der Waals surface area contributed by atoms with Crippen molar-refractivity contribution in [3.8, 4) is 0 Å². The number of fused-ring (bicyclic) bond motifs is 1. The maximum absolute atomic E-state index is 12.8. The highest BCUT2D eigenvalue weighted by Crippen LogP contribution is 2.20. The molecule has 0 radical (unpaired) electrons. The van der Waals surface area contributed by atoms with Crippen LogP contribution >= 0.6 is 0 Å². The molecule has 2 aromatic rings. The van der Waals surface area contributed by atoms with Crippen molar-refractivity contribution in [3.05, 3.63) is 34.3 Å². The highest BCUT2D eigenvalue weighted by atomic mass is 16.4. The van der Waals surface area contributed by atoms with E-state index in [0.717, 1.165) is 19.6 Å². The van der Waals surface area contributed by atoms with Gasteiger partial charge >= 0.3 is 5.76 Å². The standard InChI is InChI=1S/C15H19N3O3/c1-3-17-7-8-18(10(2)9-17)14(19)11-5-4-6-12-13(11)21-15(20)16-12/h4-6,10H,3,7-9H2,1-2H3,(H,16,20). The summed E-state index contributed by atoms with van der Waals surface area (Å²) >= 11 is 0. The summed E-state index contributed by atoms with van der Waals surface area (Å²) in [5.41, 5.74) is 1.35. The van der Waals surface area contributed by atoms with Crippen molar-refractivity contribution in [3.63, 3.8) is 0 Å². The Hall–Kier alpha value is -2.08. The number of carbonyl (C=O) groups is 1. The fourth-order valence-corrected chi connectivity index (χ4v) is 2.92. The summed E-state index contributed by atoms with van der Waals surface area (Å²) in [4.78, 5) is 30.9. The number of nitrogens with one attached hydrogen (secondary N) is 1. The van der Waals surface area contributed by atoms with Crippen molar-refractivity contribution >= 4 is 17.0 Å². The lowest BCUT2D eigenvalue weighted by molar-refractivity contribution is 0.0500. The van der Waals surface area contributed by atoms with Gasteiger partial charge in [-0.05, 0) is 25.6 Å². The summed E-state index contributed by atoms with van der Waals surface area (Å²) in [7, 11) is 0. The molecular weight excluding hydrogens is 270 g/mol. The average Bonchev–Trinajstić information content (AvgIpc) is 2.86. The smallest absolute Gasteiger partial charge is 0.407 e. The van der Waals surface area contributed by atoms with Gasteiger partial charge in [0, 0.05) is 25.7 Å². The SMILES string of the molecule is CCN1CCN(C(=O)c2cccc3[nH]c(=O)oc23)C(C)C1. The first-order valence-electron chi connectivity index (χ1n) is 7.25. The number of oxazole rings is 1. The van der Waals surface area contributed by atoms with Gasteiger partial charge in [0.2, 0.25) is 0 Å².